The van der Waals surface area contributed by atoms with Gasteiger partial charge in [0.2, 0.25) is 0 Å². The molecule has 1 aromatic heterocycles. The van der Waals surface area contributed by atoms with Crippen LogP contribution >= 0.6 is 22.9 Å². The summed E-state index contributed by atoms with van der Waals surface area (Å²) in [5, 5.41) is 4.21. The number of carbonyl (C=O) groups excluding carboxylic acids is 2. The predicted octanol–water partition coefficient (Wildman–Crippen LogP) is 5.23. The van der Waals surface area contributed by atoms with Gasteiger partial charge in [-0.05, 0) is 38.1 Å². The Morgan fingerprint density at radius 1 is 1.12 bits per heavy atom. The zero-order valence-electron chi connectivity index (χ0n) is 13.7. The molecule has 0 saturated carbocycles. The first-order valence-electron chi connectivity index (χ1n) is 7.60. The van der Waals surface area contributed by atoms with Crippen LogP contribution in [0.5, 0.6) is 0 Å². The second kappa shape index (κ2) is 7.17. The van der Waals surface area contributed by atoms with E-state index in [1.54, 1.807) is 36.4 Å². The van der Waals surface area contributed by atoms with Crippen LogP contribution in [0.15, 0.2) is 48.5 Å². The summed E-state index contributed by atoms with van der Waals surface area (Å²) in [5.41, 5.74) is 2.41. The maximum absolute atomic E-state index is 12.5. The fourth-order valence-electron chi connectivity index (χ4n) is 2.33. The van der Waals surface area contributed by atoms with Crippen molar-refractivity contribution in [2.24, 2.45) is 0 Å². The van der Waals surface area contributed by atoms with Crippen molar-refractivity contribution in [3.8, 4) is 10.6 Å². The lowest BCUT2D eigenvalue weighted by Gasteiger charge is -2.05. The Bertz CT molecular complexity index is 948. The predicted molar refractivity (Wildman–Crippen MR) is 102 cm³/mol. The van der Waals surface area contributed by atoms with Crippen molar-refractivity contribution in [2.45, 2.75) is 13.8 Å². The molecule has 0 fully saturated rings. The van der Waals surface area contributed by atoms with Gasteiger partial charge in [0.25, 0.3) is 5.91 Å². The molecule has 1 amide bonds. The maximum Gasteiger partial charge on any atom is 0.275 e. The van der Waals surface area contributed by atoms with E-state index in [2.05, 4.69) is 10.3 Å². The zero-order chi connectivity index (χ0) is 18.0. The molecule has 0 atom stereocenters. The number of hydrogen-bond donors (Lipinski definition) is 1. The Morgan fingerprint density at radius 3 is 2.52 bits per heavy atom. The second-order valence-electron chi connectivity index (χ2n) is 5.52. The summed E-state index contributed by atoms with van der Waals surface area (Å²) in [4.78, 5) is 29.3. The van der Waals surface area contributed by atoms with E-state index in [4.69, 9.17) is 11.6 Å². The molecule has 0 aliphatic heterocycles. The molecule has 0 radical (unpaired) electrons. The minimum absolute atomic E-state index is 0.0500. The van der Waals surface area contributed by atoms with Crippen LogP contribution in [0.25, 0.3) is 10.6 Å². The van der Waals surface area contributed by atoms with Crippen LogP contribution in [0.1, 0.15) is 32.6 Å². The van der Waals surface area contributed by atoms with Crippen LogP contribution in [0.4, 0.5) is 5.69 Å². The third-order valence-electron chi connectivity index (χ3n) is 3.63. The van der Waals surface area contributed by atoms with Gasteiger partial charge in [-0.3, -0.25) is 9.59 Å². The molecule has 0 bridgehead atoms. The van der Waals surface area contributed by atoms with Gasteiger partial charge in [0, 0.05) is 26.7 Å². The van der Waals surface area contributed by atoms with E-state index in [0.717, 1.165) is 15.4 Å². The first-order valence-corrected chi connectivity index (χ1v) is 8.79. The highest BCUT2D eigenvalue weighted by Crippen LogP contribution is 2.29. The molecule has 0 aliphatic carbocycles. The zero-order valence-corrected chi connectivity index (χ0v) is 15.2. The van der Waals surface area contributed by atoms with Gasteiger partial charge in [0.05, 0.1) is 0 Å². The van der Waals surface area contributed by atoms with Crippen LogP contribution in [-0.4, -0.2) is 16.7 Å². The minimum atomic E-state index is -0.297. The van der Waals surface area contributed by atoms with E-state index in [9.17, 15) is 9.59 Å². The first kappa shape index (κ1) is 17.3. The summed E-state index contributed by atoms with van der Waals surface area (Å²) in [6, 6.07) is 14.2. The Morgan fingerprint density at radius 2 is 1.84 bits per heavy atom. The molecule has 126 valence electrons. The maximum atomic E-state index is 12.5. The molecule has 0 spiro atoms. The molecule has 3 rings (SSSR count). The van der Waals surface area contributed by atoms with Gasteiger partial charge in [-0.25, -0.2) is 4.98 Å². The first-order chi connectivity index (χ1) is 11.9. The van der Waals surface area contributed by atoms with Gasteiger partial charge < -0.3 is 5.32 Å². The standard InChI is InChI=1S/C19H15ClN2O2S/c1-11(23)14-4-3-5-16(10-14)21-18(24)17-12(2)25-19(22-17)13-6-8-15(20)9-7-13/h3-10H,1-2H3,(H,21,24). The van der Waals surface area contributed by atoms with Crippen LogP contribution in [0.3, 0.4) is 0 Å². The summed E-state index contributed by atoms with van der Waals surface area (Å²) in [5.74, 6) is -0.347. The van der Waals surface area contributed by atoms with Gasteiger partial charge in [-0.1, -0.05) is 35.9 Å². The number of nitrogens with one attached hydrogen (secondary N) is 1. The molecular weight excluding hydrogens is 356 g/mol. The Labute approximate surface area is 154 Å². The van der Waals surface area contributed by atoms with Crippen molar-refractivity contribution < 1.29 is 9.59 Å². The number of nitrogens with zero attached hydrogens (tertiary/aromatic N) is 1. The topological polar surface area (TPSA) is 59.1 Å². The SMILES string of the molecule is CC(=O)c1cccc(NC(=O)c2nc(-c3ccc(Cl)cc3)sc2C)c1. The number of thiazole rings is 1. The van der Waals surface area contributed by atoms with E-state index in [1.807, 2.05) is 19.1 Å². The number of ketones is 1. The van der Waals surface area contributed by atoms with Crippen molar-refractivity contribution in [2.75, 3.05) is 5.32 Å². The number of halogens is 1. The number of Topliss-reactive ketones (excluding diaryl/α,β-unsaturated/α-hetero) is 1. The van der Waals surface area contributed by atoms with Crippen LogP contribution in [-0.2, 0) is 0 Å². The van der Waals surface area contributed by atoms with Crippen molar-refractivity contribution >= 4 is 40.3 Å². The number of anilines is 1. The van der Waals surface area contributed by atoms with Crippen molar-refractivity contribution in [3.63, 3.8) is 0 Å². The molecular formula is C19H15ClN2O2S. The van der Waals surface area contributed by atoms with Gasteiger partial charge in [0.15, 0.2) is 5.78 Å². The third kappa shape index (κ3) is 3.95. The summed E-state index contributed by atoms with van der Waals surface area (Å²) in [6.07, 6.45) is 0. The Kier molecular flexibility index (Phi) is 4.97. The number of amides is 1. The summed E-state index contributed by atoms with van der Waals surface area (Å²) >= 11 is 7.36. The van der Waals surface area contributed by atoms with E-state index in [1.165, 1.54) is 18.3 Å². The van der Waals surface area contributed by atoms with Gasteiger partial charge >= 0.3 is 0 Å². The highest BCUT2D eigenvalue weighted by molar-refractivity contribution is 7.15. The number of hydrogen-bond acceptors (Lipinski definition) is 4. The smallest absolute Gasteiger partial charge is 0.275 e. The minimum Gasteiger partial charge on any atom is -0.321 e. The monoisotopic (exact) mass is 370 g/mol. The third-order valence-corrected chi connectivity index (χ3v) is 4.90. The lowest BCUT2D eigenvalue weighted by atomic mass is 10.1. The van der Waals surface area contributed by atoms with Crippen molar-refractivity contribution in [3.05, 3.63) is 69.7 Å². The lowest BCUT2D eigenvalue weighted by Crippen LogP contribution is -2.13. The second-order valence-corrected chi connectivity index (χ2v) is 7.16. The average molecular weight is 371 g/mol. The molecule has 6 heteroatoms. The fraction of sp³-hybridized carbons (Fsp3) is 0.105. The summed E-state index contributed by atoms with van der Waals surface area (Å²) in [6.45, 7) is 3.35. The summed E-state index contributed by atoms with van der Waals surface area (Å²) < 4.78 is 0. The quantitative estimate of drug-likeness (QED) is 0.640. The van der Waals surface area contributed by atoms with E-state index < -0.39 is 0 Å². The molecule has 4 nitrogen and oxygen atoms in total. The molecule has 1 N–H and O–H groups in total. The molecule has 25 heavy (non-hydrogen) atoms. The van der Waals surface area contributed by atoms with E-state index >= 15 is 0 Å². The molecule has 2 aromatic carbocycles. The number of aryl methyl sites for hydroxylation is 1. The molecule has 0 aliphatic rings. The van der Waals surface area contributed by atoms with E-state index in [0.29, 0.717) is 22.0 Å². The van der Waals surface area contributed by atoms with Gasteiger partial charge in [-0.2, -0.15) is 0 Å². The average Bonchev–Trinajstić information content (AvgIpc) is 2.97. The Balaban J connectivity index is 1.84. The molecule has 1 heterocycles. The highest BCUT2D eigenvalue weighted by Gasteiger charge is 2.17. The number of carbonyl (C=O) groups is 2. The lowest BCUT2D eigenvalue weighted by molar-refractivity contribution is 0.100. The normalized spacial score (nSPS) is 10.5. The van der Waals surface area contributed by atoms with Gasteiger partial charge in [0.1, 0.15) is 10.7 Å². The molecule has 0 saturated heterocycles. The summed E-state index contributed by atoms with van der Waals surface area (Å²) in [7, 11) is 0. The van der Waals surface area contributed by atoms with Crippen LogP contribution < -0.4 is 5.32 Å². The van der Waals surface area contributed by atoms with Crippen molar-refractivity contribution in [1.82, 2.24) is 4.98 Å². The molecule has 0 unspecified atom stereocenters. The van der Waals surface area contributed by atoms with Crippen LogP contribution in [0, 0.1) is 6.92 Å². The Hall–Kier alpha value is -2.50. The van der Waals surface area contributed by atoms with E-state index in [-0.39, 0.29) is 11.7 Å². The van der Waals surface area contributed by atoms with Crippen LogP contribution in [0.2, 0.25) is 5.02 Å². The molecule has 3 aromatic rings. The van der Waals surface area contributed by atoms with Gasteiger partial charge in [-0.15, -0.1) is 11.3 Å². The number of aromatic nitrogens is 1. The number of benzene rings is 2. The highest BCUT2D eigenvalue weighted by atomic mass is 35.5. The number of rotatable bonds is 4. The largest absolute Gasteiger partial charge is 0.321 e. The van der Waals surface area contributed by atoms with Crippen molar-refractivity contribution in [1.29, 1.82) is 0 Å². The fourth-order valence-corrected chi connectivity index (χ4v) is 3.37.